The first-order valence-electron chi connectivity index (χ1n) is 9.81. The Labute approximate surface area is 173 Å². The van der Waals surface area contributed by atoms with Crippen LogP contribution in [0, 0.1) is 25.5 Å². The van der Waals surface area contributed by atoms with Gasteiger partial charge in [0.25, 0.3) is 0 Å². The molecular formula is C26H20F2NO+. The van der Waals surface area contributed by atoms with E-state index in [2.05, 4.69) is 31.3 Å². The third kappa shape index (κ3) is 2.79. The molecular weight excluding hydrogens is 380 g/mol. The Morgan fingerprint density at radius 2 is 1.63 bits per heavy atom. The number of aryl methyl sites for hydroxylation is 3. The number of rotatable bonds is 2. The van der Waals surface area contributed by atoms with Crippen LogP contribution in [0.1, 0.15) is 11.1 Å². The van der Waals surface area contributed by atoms with Gasteiger partial charge in [0.1, 0.15) is 24.3 Å². The molecule has 2 nitrogen and oxygen atoms in total. The van der Waals surface area contributed by atoms with Crippen LogP contribution in [0.15, 0.2) is 71.3 Å². The number of halogens is 2. The van der Waals surface area contributed by atoms with Gasteiger partial charge in [-0.25, -0.2) is 13.3 Å². The number of hydrogen-bond acceptors (Lipinski definition) is 1. The van der Waals surface area contributed by atoms with E-state index in [4.69, 9.17) is 4.42 Å². The quantitative estimate of drug-likeness (QED) is 0.304. The van der Waals surface area contributed by atoms with E-state index < -0.39 is 5.82 Å². The average Bonchev–Trinajstić information content (AvgIpc) is 3.08. The van der Waals surface area contributed by atoms with Crippen LogP contribution in [0.3, 0.4) is 0 Å². The predicted molar refractivity (Wildman–Crippen MR) is 115 cm³/mol. The summed E-state index contributed by atoms with van der Waals surface area (Å²) in [6, 6.07) is 18.0. The van der Waals surface area contributed by atoms with Crippen molar-refractivity contribution in [2.45, 2.75) is 13.8 Å². The van der Waals surface area contributed by atoms with Crippen molar-refractivity contribution >= 4 is 21.9 Å². The topological polar surface area (TPSA) is 17.0 Å². The third-order valence-electron chi connectivity index (χ3n) is 5.67. The summed E-state index contributed by atoms with van der Waals surface area (Å²) >= 11 is 0. The first-order chi connectivity index (χ1) is 14.4. The molecule has 0 radical (unpaired) electrons. The number of hydrogen-bond donors (Lipinski definition) is 0. The first kappa shape index (κ1) is 18.5. The van der Waals surface area contributed by atoms with Crippen LogP contribution in [-0.4, -0.2) is 0 Å². The molecule has 0 aliphatic rings. The molecule has 148 valence electrons. The average molecular weight is 400 g/mol. The van der Waals surface area contributed by atoms with E-state index in [1.54, 1.807) is 6.07 Å². The van der Waals surface area contributed by atoms with Crippen molar-refractivity contribution in [3.05, 3.63) is 89.6 Å². The monoisotopic (exact) mass is 400 g/mol. The lowest BCUT2D eigenvalue weighted by Crippen LogP contribution is -2.31. The Hall–Kier alpha value is -3.53. The van der Waals surface area contributed by atoms with Gasteiger partial charge in [-0.15, -0.1) is 0 Å². The molecule has 2 heterocycles. The van der Waals surface area contributed by atoms with Crippen molar-refractivity contribution in [2.24, 2.45) is 7.05 Å². The van der Waals surface area contributed by atoms with Crippen molar-refractivity contribution in [2.75, 3.05) is 0 Å². The fourth-order valence-electron chi connectivity index (χ4n) is 4.27. The lowest BCUT2D eigenvalue weighted by Gasteiger charge is -2.10. The second kappa shape index (κ2) is 6.77. The molecule has 5 aromatic rings. The number of furan rings is 1. The van der Waals surface area contributed by atoms with Crippen LogP contribution in [0.4, 0.5) is 8.78 Å². The molecule has 0 unspecified atom stereocenters. The van der Waals surface area contributed by atoms with Gasteiger partial charge in [0.05, 0.1) is 10.9 Å². The van der Waals surface area contributed by atoms with Crippen LogP contribution in [0.5, 0.6) is 0 Å². The predicted octanol–water partition coefficient (Wildman–Crippen LogP) is 6.64. The molecule has 2 aromatic heterocycles. The van der Waals surface area contributed by atoms with Crippen molar-refractivity contribution in [1.82, 2.24) is 0 Å². The summed E-state index contributed by atoms with van der Waals surface area (Å²) in [5, 5.41) is 0.954. The van der Waals surface area contributed by atoms with Gasteiger partial charge in [0, 0.05) is 23.1 Å². The van der Waals surface area contributed by atoms with Gasteiger partial charge in [-0.1, -0.05) is 30.3 Å². The summed E-state index contributed by atoms with van der Waals surface area (Å²) in [7, 11) is 1.97. The first-order valence-corrected chi connectivity index (χ1v) is 9.81. The molecule has 0 saturated heterocycles. The zero-order valence-corrected chi connectivity index (χ0v) is 17.0. The molecule has 3 aromatic carbocycles. The molecule has 4 heteroatoms. The van der Waals surface area contributed by atoms with E-state index in [0.717, 1.165) is 33.5 Å². The van der Waals surface area contributed by atoms with Crippen molar-refractivity contribution < 1.29 is 17.8 Å². The van der Waals surface area contributed by atoms with Gasteiger partial charge in [-0.3, -0.25) is 0 Å². The summed E-state index contributed by atoms with van der Waals surface area (Å²) < 4.78 is 36.8. The van der Waals surface area contributed by atoms with Gasteiger partial charge in [-0.05, 0) is 48.7 Å². The van der Waals surface area contributed by atoms with E-state index >= 15 is 0 Å². The van der Waals surface area contributed by atoms with E-state index in [0.29, 0.717) is 21.9 Å². The molecule has 0 atom stereocenters. The minimum Gasteiger partial charge on any atom is -0.455 e. The van der Waals surface area contributed by atoms with Crippen molar-refractivity contribution in [3.8, 4) is 22.4 Å². The van der Waals surface area contributed by atoms with Gasteiger partial charge in [-0.2, -0.15) is 0 Å². The Balaban J connectivity index is 1.87. The van der Waals surface area contributed by atoms with Gasteiger partial charge < -0.3 is 4.42 Å². The van der Waals surface area contributed by atoms with E-state index in [9.17, 15) is 8.78 Å². The second-order valence-corrected chi connectivity index (χ2v) is 7.73. The summed E-state index contributed by atoms with van der Waals surface area (Å²) in [6.07, 6.45) is 2.06. The Kier molecular flexibility index (Phi) is 4.17. The van der Waals surface area contributed by atoms with Gasteiger partial charge >= 0.3 is 0 Å². The zero-order valence-electron chi connectivity index (χ0n) is 17.0. The highest BCUT2D eigenvalue weighted by molar-refractivity contribution is 6.10. The molecule has 0 spiro atoms. The Morgan fingerprint density at radius 1 is 0.867 bits per heavy atom. The smallest absolute Gasteiger partial charge is 0.216 e. The van der Waals surface area contributed by atoms with Crippen LogP contribution in [0.25, 0.3) is 44.3 Å². The maximum absolute atomic E-state index is 15.0. The highest BCUT2D eigenvalue weighted by Crippen LogP contribution is 2.39. The van der Waals surface area contributed by atoms with Crippen molar-refractivity contribution in [3.63, 3.8) is 0 Å². The van der Waals surface area contributed by atoms with Crippen LogP contribution in [-0.2, 0) is 7.05 Å². The summed E-state index contributed by atoms with van der Waals surface area (Å²) in [5.74, 6) is -0.776. The number of fused-ring (bicyclic) bond motifs is 3. The van der Waals surface area contributed by atoms with Crippen LogP contribution in [0.2, 0.25) is 0 Å². The summed E-state index contributed by atoms with van der Waals surface area (Å²) in [5.41, 5.74) is 6.60. The van der Waals surface area contributed by atoms with E-state index in [-0.39, 0.29) is 5.82 Å². The van der Waals surface area contributed by atoms with Gasteiger partial charge in [0.15, 0.2) is 11.8 Å². The van der Waals surface area contributed by atoms with E-state index in [1.165, 1.54) is 18.2 Å². The van der Waals surface area contributed by atoms with Crippen LogP contribution < -0.4 is 4.57 Å². The normalized spacial score (nSPS) is 11.5. The second-order valence-electron chi connectivity index (χ2n) is 7.73. The van der Waals surface area contributed by atoms with Crippen molar-refractivity contribution in [1.29, 1.82) is 0 Å². The summed E-state index contributed by atoms with van der Waals surface area (Å²) in [6.45, 7) is 3.94. The molecule has 0 amide bonds. The molecule has 5 rings (SSSR count). The minimum absolute atomic E-state index is 0.341. The number of pyridine rings is 1. The number of aromatic nitrogens is 1. The SMILES string of the molecule is Cc1c[n+](C)c(-c2c(C)cc(F)c3c2oc2cc(F)ccc23)cc1-c1ccccc1. The highest BCUT2D eigenvalue weighted by atomic mass is 19.1. The van der Waals surface area contributed by atoms with Crippen LogP contribution >= 0.6 is 0 Å². The number of nitrogens with zero attached hydrogens (tertiary/aromatic N) is 1. The molecule has 0 saturated carbocycles. The van der Waals surface area contributed by atoms with E-state index in [1.807, 2.05) is 36.7 Å². The lowest BCUT2D eigenvalue weighted by molar-refractivity contribution is -0.660. The largest absolute Gasteiger partial charge is 0.455 e. The highest BCUT2D eigenvalue weighted by Gasteiger charge is 2.25. The molecule has 0 aliphatic heterocycles. The minimum atomic E-state index is -0.410. The molecule has 0 aliphatic carbocycles. The van der Waals surface area contributed by atoms with Gasteiger partial charge in [0.2, 0.25) is 5.69 Å². The molecule has 0 fully saturated rings. The maximum atomic E-state index is 15.0. The molecule has 0 bridgehead atoms. The maximum Gasteiger partial charge on any atom is 0.216 e. The Morgan fingerprint density at radius 3 is 2.40 bits per heavy atom. The third-order valence-corrected chi connectivity index (χ3v) is 5.67. The molecule has 0 N–H and O–H groups in total. The standard InChI is InChI=1S/C26H20F2NO/c1-15-11-21(28)25-19-10-9-18(27)12-23(19)30-26(25)24(15)22-13-20(16(2)14-29(22)3)17-7-5-4-6-8-17/h4-14H,1-3H3/q+1. The fraction of sp³-hybridized carbons (Fsp3) is 0.115. The molecule has 30 heavy (non-hydrogen) atoms. The lowest BCUT2D eigenvalue weighted by atomic mass is 9.96. The summed E-state index contributed by atoms with van der Waals surface area (Å²) in [4.78, 5) is 0. The fourth-order valence-corrected chi connectivity index (χ4v) is 4.27. The Bertz CT molecular complexity index is 1430. The zero-order chi connectivity index (χ0) is 21.0. The number of benzene rings is 3.